The van der Waals surface area contributed by atoms with Crippen LogP contribution in [0.15, 0.2) is 54.9 Å². The zero-order valence-electron chi connectivity index (χ0n) is 18.7. The van der Waals surface area contributed by atoms with E-state index in [2.05, 4.69) is 25.8 Å². The van der Waals surface area contributed by atoms with E-state index >= 15 is 0 Å². The van der Waals surface area contributed by atoms with Crippen LogP contribution < -0.4 is 10.6 Å². The summed E-state index contributed by atoms with van der Waals surface area (Å²) in [5.41, 5.74) is 3.52. The van der Waals surface area contributed by atoms with E-state index < -0.39 is 0 Å². The summed E-state index contributed by atoms with van der Waals surface area (Å²) < 4.78 is 21.3. The molecule has 2 atom stereocenters. The van der Waals surface area contributed by atoms with Gasteiger partial charge in [-0.05, 0) is 48.7 Å². The van der Waals surface area contributed by atoms with Gasteiger partial charge in [-0.25, -0.2) is 14.4 Å². The number of halogens is 1. The molecule has 2 aliphatic heterocycles. The van der Waals surface area contributed by atoms with Gasteiger partial charge in [0.15, 0.2) is 5.65 Å². The molecule has 0 radical (unpaired) electrons. The number of hydrogen-bond acceptors (Lipinski definition) is 7. The molecule has 1 unspecified atom stereocenters. The fraction of sp³-hybridized carbons (Fsp3) is 0.360. The molecule has 2 saturated heterocycles. The Morgan fingerprint density at radius 3 is 2.79 bits per heavy atom. The number of fused-ring (bicyclic) bond motifs is 1. The number of anilines is 1. The molecule has 174 valence electrons. The molecule has 8 nitrogen and oxygen atoms in total. The van der Waals surface area contributed by atoms with E-state index in [0.29, 0.717) is 12.0 Å². The Balaban J connectivity index is 1.27. The van der Waals surface area contributed by atoms with Gasteiger partial charge in [0.25, 0.3) is 0 Å². The molecule has 0 spiro atoms. The first-order valence-electron chi connectivity index (χ1n) is 11.7. The van der Waals surface area contributed by atoms with Crippen molar-refractivity contribution >= 4 is 11.6 Å². The number of rotatable bonds is 5. The number of pyridine rings is 1. The summed E-state index contributed by atoms with van der Waals surface area (Å²) >= 11 is 0. The SMILES string of the molecule is Fc1cccc([C@H]2CNCC2c2nnc3cc(-c4ccnc(NC5CCOCC5)n4)ccn23)c1. The van der Waals surface area contributed by atoms with Crippen LogP contribution in [0.5, 0.6) is 0 Å². The second kappa shape index (κ2) is 9.08. The largest absolute Gasteiger partial charge is 0.381 e. The van der Waals surface area contributed by atoms with Gasteiger partial charge in [0.05, 0.1) is 5.69 Å². The van der Waals surface area contributed by atoms with Gasteiger partial charge in [0.1, 0.15) is 11.6 Å². The third-order valence-corrected chi connectivity index (χ3v) is 6.76. The quantitative estimate of drug-likeness (QED) is 0.473. The monoisotopic (exact) mass is 459 g/mol. The van der Waals surface area contributed by atoms with Gasteiger partial charge in [0.2, 0.25) is 5.95 Å². The van der Waals surface area contributed by atoms with E-state index in [1.54, 1.807) is 18.3 Å². The topological polar surface area (TPSA) is 89.3 Å². The molecule has 4 aromatic rings. The van der Waals surface area contributed by atoms with Crippen molar-refractivity contribution < 1.29 is 9.13 Å². The lowest BCUT2D eigenvalue weighted by molar-refractivity contribution is 0.0903. The van der Waals surface area contributed by atoms with Crippen LogP contribution in [0.4, 0.5) is 10.3 Å². The molecule has 0 bridgehead atoms. The third kappa shape index (κ3) is 4.12. The van der Waals surface area contributed by atoms with Crippen molar-refractivity contribution in [3.8, 4) is 11.3 Å². The van der Waals surface area contributed by atoms with E-state index in [4.69, 9.17) is 9.72 Å². The Kier molecular flexibility index (Phi) is 5.64. The fourth-order valence-electron chi connectivity index (χ4n) is 4.97. The average Bonchev–Trinajstić information content (AvgIpc) is 3.51. The van der Waals surface area contributed by atoms with E-state index in [1.165, 1.54) is 6.07 Å². The molecule has 5 heterocycles. The number of aromatic nitrogens is 5. The molecule has 2 N–H and O–H groups in total. The normalized spacial score (nSPS) is 21.2. The Morgan fingerprint density at radius 2 is 1.91 bits per heavy atom. The highest BCUT2D eigenvalue weighted by Crippen LogP contribution is 2.35. The summed E-state index contributed by atoms with van der Waals surface area (Å²) in [6, 6.07) is 13.1. The van der Waals surface area contributed by atoms with Gasteiger partial charge in [-0.15, -0.1) is 10.2 Å². The first-order chi connectivity index (χ1) is 16.7. The maximum Gasteiger partial charge on any atom is 0.223 e. The van der Waals surface area contributed by atoms with Crippen molar-refractivity contribution in [1.82, 2.24) is 29.9 Å². The van der Waals surface area contributed by atoms with Crippen molar-refractivity contribution in [2.45, 2.75) is 30.7 Å². The van der Waals surface area contributed by atoms with Crippen LogP contribution >= 0.6 is 0 Å². The summed E-state index contributed by atoms with van der Waals surface area (Å²) in [6.45, 7) is 3.08. The maximum absolute atomic E-state index is 13.8. The maximum atomic E-state index is 13.8. The van der Waals surface area contributed by atoms with Gasteiger partial charge >= 0.3 is 0 Å². The van der Waals surface area contributed by atoms with Crippen molar-refractivity contribution in [2.75, 3.05) is 31.6 Å². The highest BCUT2D eigenvalue weighted by atomic mass is 19.1. The number of ether oxygens (including phenoxy) is 1. The minimum atomic E-state index is -0.213. The van der Waals surface area contributed by atoms with Crippen LogP contribution in [-0.2, 0) is 4.74 Å². The Morgan fingerprint density at radius 1 is 1.03 bits per heavy atom. The standard InChI is InChI=1S/C25H26FN7O/c26-18-3-1-2-16(12-18)20-14-27-15-21(20)24-32-31-23-13-17(5-9-33(23)24)22-4-8-28-25(30-22)29-19-6-10-34-11-7-19/h1-5,8-9,12-13,19-21,27H,6-7,10-11,14-15H2,(H,28,29,30)/t20-,21?/m1/s1. The van der Waals surface area contributed by atoms with Crippen LogP contribution in [0, 0.1) is 5.82 Å². The van der Waals surface area contributed by atoms with Crippen LogP contribution in [0.3, 0.4) is 0 Å². The van der Waals surface area contributed by atoms with Gasteiger partial charge in [-0.2, -0.15) is 0 Å². The van der Waals surface area contributed by atoms with E-state index in [0.717, 1.165) is 67.4 Å². The molecule has 2 fully saturated rings. The predicted octanol–water partition coefficient (Wildman–Crippen LogP) is 3.39. The van der Waals surface area contributed by atoms with Crippen molar-refractivity contribution in [3.05, 3.63) is 72.1 Å². The number of benzene rings is 1. The van der Waals surface area contributed by atoms with Crippen LogP contribution in [-0.4, -0.2) is 56.9 Å². The second-order valence-electron chi connectivity index (χ2n) is 8.92. The Hall–Kier alpha value is -3.43. The highest BCUT2D eigenvalue weighted by Gasteiger charge is 2.33. The summed E-state index contributed by atoms with van der Waals surface area (Å²) in [5, 5.41) is 15.8. The number of hydrogen-bond donors (Lipinski definition) is 2. The molecule has 3 aromatic heterocycles. The summed E-state index contributed by atoms with van der Waals surface area (Å²) in [7, 11) is 0. The van der Waals surface area contributed by atoms with Gasteiger partial charge in [-0.1, -0.05) is 12.1 Å². The predicted molar refractivity (Wildman–Crippen MR) is 126 cm³/mol. The van der Waals surface area contributed by atoms with Crippen molar-refractivity contribution in [1.29, 1.82) is 0 Å². The molecule has 34 heavy (non-hydrogen) atoms. The zero-order chi connectivity index (χ0) is 22.9. The highest BCUT2D eigenvalue weighted by molar-refractivity contribution is 5.64. The molecule has 2 aliphatic rings. The van der Waals surface area contributed by atoms with Gasteiger partial charge in [-0.3, -0.25) is 4.40 Å². The van der Waals surface area contributed by atoms with Crippen molar-refractivity contribution in [2.24, 2.45) is 0 Å². The molecule has 0 amide bonds. The summed E-state index contributed by atoms with van der Waals surface area (Å²) in [6.07, 6.45) is 5.68. The molecule has 0 aliphatic carbocycles. The lowest BCUT2D eigenvalue weighted by Crippen LogP contribution is -2.28. The lowest BCUT2D eigenvalue weighted by atomic mass is 9.88. The summed E-state index contributed by atoms with van der Waals surface area (Å²) in [4.78, 5) is 9.11. The van der Waals surface area contributed by atoms with E-state index in [-0.39, 0.29) is 17.7 Å². The van der Waals surface area contributed by atoms with Crippen LogP contribution in [0.2, 0.25) is 0 Å². The van der Waals surface area contributed by atoms with E-state index in [1.807, 2.05) is 34.9 Å². The first-order valence-corrected chi connectivity index (χ1v) is 11.7. The minimum Gasteiger partial charge on any atom is -0.381 e. The molecule has 0 saturated carbocycles. The smallest absolute Gasteiger partial charge is 0.223 e. The molecule has 6 rings (SSSR count). The Bertz CT molecular complexity index is 1300. The van der Waals surface area contributed by atoms with Gasteiger partial charge in [0, 0.05) is 62.1 Å². The third-order valence-electron chi connectivity index (χ3n) is 6.76. The van der Waals surface area contributed by atoms with Crippen molar-refractivity contribution in [3.63, 3.8) is 0 Å². The molecule has 9 heteroatoms. The number of nitrogens with one attached hydrogen (secondary N) is 2. The Labute approximate surface area is 196 Å². The average molecular weight is 460 g/mol. The molecular weight excluding hydrogens is 433 g/mol. The van der Waals surface area contributed by atoms with Crippen LogP contribution in [0.25, 0.3) is 16.9 Å². The van der Waals surface area contributed by atoms with Gasteiger partial charge < -0.3 is 15.4 Å². The number of nitrogens with zero attached hydrogens (tertiary/aromatic N) is 5. The van der Waals surface area contributed by atoms with Crippen LogP contribution in [0.1, 0.15) is 36.1 Å². The second-order valence-corrected chi connectivity index (χ2v) is 8.92. The summed E-state index contributed by atoms with van der Waals surface area (Å²) in [5.74, 6) is 1.54. The minimum absolute atomic E-state index is 0.108. The zero-order valence-corrected chi connectivity index (χ0v) is 18.7. The lowest BCUT2D eigenvalue weighted by Gasteiger charge is -2.23. The van der Waals surface area contributed by atoms with E-state index in [9.17, 15) is 4.39 Å². The molecule has 1 aromatic carbocycles. The first kappa shape index (κ1) is 21.1. The molecular formula is C25H26FN7O. The fourth-order valence-corrected chi connectivity index (χ4v) is 4.97.